The van der Waals surface area contributed by atoms with E-state index in [1.54, 1.807) is 23.9 Å². The van der Waals surface area contributed by atoms with E-state index in [1.165, 1.54) is 6.07 Å². The third kappa shape index (κ3) is 3.17. The van der Waals surface area contributed by atoms with Crippen LogP contribution in [0.5, 0.6) is 5.75 Å². The summed E-state index contributed by atoms with van der Waals surface area (Å²) in [6.45, 7) is 2.13. The van der Waals surface area contributed by atoms with Gasteiger partial charge in [0.25, 0.3) is 5.89 Å². The Balaban J connectivity index is 2.13. The van der Waals surface area contributed by atoms with E-state index >= 15 is 0 Å². The van der Waals surface area contributed by atoms with Crippen LogP contribution in [0.2, 0.25) is 5.02 Å². The van der Waals surface area contributed by atoms with Crippen molar-refractivity contribution in [2.24, 2.45) is 0 Å². The smallest absolute Gasteiger partial charge is 0.261 e. The maximum atomic E-state index is 9.75. The molecule has 1 heterocycles. The Hall–Kier alpha value is -1.20. The minimum Gasteiger partial charge on any atom is -0.507 e. The molecule has 0 aliphatic carbocycles. The quantitative estimate of drug-likeness (QED) is 0.848. The molecule has 1 aromatic carbocycles. The zero-order valence-electron chi connectivity index (χ0n) is 9.89. The summed E-state index contributed by atoms with van der Waals surface area (Å²) >= 11 is 7.52. The largest absolute Gasteiger partial charge is 0.507 e. The van der Waals surface area contributed by atoms with Crippen molar-refractivity contribution in [1.82, 2.24) is 10.1 Å². The van der Waals surface area contributed by atoms with Crippen LogP contribution in [0.25, 0.3) is 11.5 Å². The molecule has 0 unspecified atom stereocenters. The molecule has 6 heteroatoms. The summed E-state index contributed by atoms with van der Waals surface area (Å²) in [4.78, 5) is 4.24. The monoisotopic (exact) mass is 284 g/mol. The number of nitrogens with zero attached hydrogens (tertiary/aromatic N) is 2. The first-order valence-corrected chi connectivity index (χ1v) is 7.13. The highest BCUT2D eigenvalue weighted by atomic mass is 35.5. The molecule has 0 radical (unpaired) electrons. The Morgan fingerprint density at radius 2 is 2.28 bits per heavy atom. The van der Waals surface area contributed by atoms with Gasteiger partial charge in [-0.3, -0.25) is 0 Å². The minimum absolute atomic E-state index is 0.0407. The maximum Gasteiger partial charge on any atom is 0.261 e. The van der Waals surface area contributed by atoms with Gasteiger partial charge in [0.2, 0.25) is 0 Å². The number of hydrogen-bond acceptors (Lipinski definition) is 5. The first kappa shape index (κ1) is 13.2. The Labute approximate surface area is 114 Å². The molecule has 2 rings (SSSR count). The number of aromatic hydroxyl groups is 1. The first-order chi connectivity index (χ1) is 8.70. The molecule has 4 nitrogen and oxygen atoms in total. The van der Waals surface area contributed by atoms with Gasteiger partial charge in [0.15, 0.2) is 5.82 Å². The van der Waals surface area contributed by atoms with Gasteiger partial charge < -0.3 is 9.63 Å². The summed E-state index contributed by atoms with van der Waals surface area (Å²) in [5.41, 5.74) is 0.499. The SMILES string of the molecule is CCCSCc1noc(-c2ccc(Cl)cc2O)n1. The molecule has 0 spiro atoms. The predicted octanol–water partition coefficient (Wildman–Crippen LogP) is 3.74. The molecule has 1 aromatic heterocycles. The van der Waals surface area contributed by atoms with Crippen molar-refractivity contribution >= 4 is 23.4 Å². The fourth-order valence-corrected chi connectivity index (χ4v) is 2.31. The van der Waals surface area contributed by atoms with Gasteiger partial charge in [-0.05, 0) is 30.4 Å². The molecule has 0 aliphatic heterocycles. The van der Waals surface area contributed by atoms with Gasteiger partial charge in [-0.15, -0.1) is 0 Å². The van der Waals surface area contributed by atoms with Crippen LogP contribution in [0, 0.1) is 0 Å². The van der Waals surface area contributed by atoms with Gasteiger partial charge in [-0.1, -0.05) is 23.7 Å². The van der Waals surface area contributed by atoms with E-state index in [4.69, 9.17) is 16.1 Å². The van der Waals surface area contributed by atoms with E-state index in [9.17, 15) is 5.11 Å². The number of phenolic OH excluding ortho intramolecular Hbond substituents is 1. The lowest BCUT2D eigenvalue weighted by atomic mass is 10.2. The van der Waals surface area contributed by atoms with Gasteiger partial charge in [-0.2, -0.15) is 16.7 Å². The standard InChI is InChI=1S/C12H13ClN2O2S/c1-2-5-18-7-11-14-12(17-15-11)9-4-3-8(13)6-10(9)16/h3-4,6,16H,2,5,7H2,1H3. The van der Waals surface area contributed by atoms with Crippen molar-refractivity contribution in [3.63, 3.8) is 0 Å². The lowest BCUT2D eigenvalue weighted by Crippen LogP contribution is -1.85. The van der Waals surface area contributed by atoms with Crippen LogP contribution in [0.15, 0.2) is 22.7 Å². The topological polar surface area (TPSA) is 59.2 Å². The first-order valence-electron chi connectivity index (χ1n) is 5.60. The Morgan fingerprint density at radius 3 is 3.00 bits per heavy atom. The average molecular weight is 285 g/mol. The number of hydrogen-bond donors (Lipinski definition) is 1. The molecule has 1 N–H and O–H groups in total. The molecule has 0 saturated heterocycles. The van der Waals surface area contributed by atoms with Gasteiger partial charge in [0.05, 0.1) is 11.3 Å². The van der Waals surface area contributed by atoms with Crippen molar-refractivity contribution in [1.29, 1.82) is 0 Å². The lowest BCUT2D eigenvalue weighted by molar-refractivity contribution is 0.419. The summed E-state index contributed by atoms with van der Waals surface area (Å²) in [7, 11) is 0. The molecule has 96 valence electrons. The van der Waals surface area contributed by atoms with Gasteiger partial charge in [0.1, 0.15) is 5.75 Å². The predicted molar refractivity (Wildman–Crippen MR) is 72.9 cm³/mol. The number of rotatable bonds is 5. The fraction of sp³-hybridized carbons (Fsp3) is 0.333. The van der Waals surface area contributed by atoms with Crippen molar-refractivity contribution < 1.29 is 9.63 Å². The van der Waals surface area contributed by atoms with Crippen LogP contribution in [-0.2, 0) is 5.75 Å². The number of aromatic nitrogens is 2. The number of phenols is 1. The third-order valence-corrected chi connectivity index (χ3v) is 3.63. The lowest BCUT2D eigenvalue weighted by Gasteiger charge is -1.98. The van der Waals surface area contributed by atoms with Crippen molar-refractivity contribution in [2.75, 3.05) is 5.75 Å². The van der Waals surface area contributed by atoms with Crippen LogP contribution in [0.4, 0.5) is 0 Å². The molecule has 0 atom stereocenters. The van der Waals surface area contributed by atoms with Crippen molar-refractivity contribution in [3.05, 3.63) is 29.0 Å². The van der Waals surface area contributed by atoms with Crippen LogP contribution < -0.4 is 0 Å². The van der Waals surface area contributed by atoms with E-state index in [0.717, 1.165) is 12.2 Å². The van der Waals surface area contributed by atoms with Crippen molar-refractivity contribution in [3.8, 4) is 17.2 Å². The number of thioether (sulfide) groups is 1. The van der Waals surface area contributed by atoms with Crippen LogP contribution >= 0.6 is 23.4 Å². The molecular formula is C12H13ClN2O2S. The fourth-order valence-electron chi connectivity index (χ4n) is 1.42. The molecule has 18 heavy (non-hydrogen) atoms. The third-order valence-electron chi connectivity index (χ3n) is 2.24. The van der Waals surface area contributed by atoms with Gasteiger partial charge in [-0.25, -0.2) is 0 Å². The summed E-state index contributed by atoms with van der Waals surface area (Å²) in [5.74, 6) is 2.77. The van der Waals surface area contributed by atoms with E-state index in [-0.39, 0.29) is 5.75 Å². The highest BCUT2D eigenvalue weighted by Gasteiger charge is 2.12. The molecule has 2 aromatic rings. The zero-order valence-corrected chi connectivity index (χ0v) is 11.5. The van der Waals surface area contributed by atoms with E-state index in [2.05, 4.69) is 17.1 Å². The zero-order chi connectivity index (χ0) is 13.0. The van der Waals surface area contributed by atoms with Crippen LogP contribution in [0.1, 0.15) is 19.2 Å². The average Bonchev–Trinajstić information content (AvgIpc) is 2.78. The normalized spacial score (nSPS) is 10.8. The Morgan fingerprint density at radius 1 is 1.44 bits per heavy atom. The van der Waals surface area contributed by atoms with Gasteiger partial charge in [0, 0.05) is 5.02 Å². The maximum absolute atomic E-state index is 9.75. The van der Waals surface area contributed by atoms with E-state index < -0.39 is 0 Å². The number of halogens is 1. The highest BCUT2D eigenvalue weighted by molar-refractivity contribution is 7.98. The molecular weight excluding hydrogens is 272 g/mol. The summed E-state index contributed by atoms with van der Waals surface area (Å²) in [6, 6.07) is 4.78. The van der Waals surface area contributed by atoms with Gasteiger partial charge >= 0.3 is 0 Å². The summed E-state index contributed by atoms with van der Waals surface area (Å²) in [5, 5.41) is 14.1. The van der Waals surface area contributed by atoms with E-state index in [1.807, 2.05) is 0 Å². The molecule has 0 bridgehead atoms. The summed E-state index contributed by atoms with van der Waals surface area (Å²) < 4.78 is 5.12. The Kier molecular flexibility index (Phi) is 4.49. The molecule has 0 aliphatic rings. The van der Waals surface area contributed by atoms with E-state index in [0.29, 0.717) is 28.1 Å². The second-order valence-corrected chi connectivity index (χ2v) is 5.27. The second-order valence-electron chi connectivity index (χ2n) is 3.73. The Bertz CT molecular complexity index is 531. The van der Waals surface area contributed by atoms with Crippen molar-refractivity contribution in [2.45, 2.75) is 19.1 Å². The van der Waals surface area contributed by atoms with Crippen LogP contribution in [0.3, 0.4) is 0 Å². The summed E-state index contributed by atoms with van der Waals surface area (Å²) in [6.07, 6.45) is 1.12. The minimum atomic E-state index is 0.0407. The van der Waals surface area contributed by atoms with Crippen LogP contribution in [-0.4, -0.2) is 21.0 Å². The highest BCUT2D eigenvalue weighted by Crippen LogP contribution is 2.30. The molecule has 0 amide bonds. The molecule has 0 fully saturated rings. The molecule has 0 saturated carbocycles. The second kappa shape index (κ2) is 6.11. The number of benzene rings is 1.